The quantitative estimate of drug-likeness (QED) is 0.647. The second-order valence-electron chi connectivity index (χ2n) is 0.289. The molecule has 0 aromatic heterocycles. The minimum absolute atomic E-state index is 0. The largest absolute Gasteiger partial charge is 0.693 e. The molecule has 0 rings (SSSR count). The van der Waals surface area contributed by atoms with Gasteiger partial charge in [-0.1, -0.05) is 0 Å². The van der Waals surface area contributed by atoms with Crippen molar-refractivity contribution in [1.82, 2.24) is 0 Å². The van der Waals surface area contributed by atoms with Gasteiger partial charge in [0.1, 0.15) is 0 Å². The Morgan fingerprint density at radius 2 is 1.60 bits per heavy atom. The number of hydrogen-bond donors (Lipinski definition) is 1. The fourth-order valence-corrected chi connectivity index (χ4v) is 0. The predicted octanol–water partition coefficient (Wildman–Crippen LogP) is 0.496. The maximum absolute atomic E-state index is 4.74. The van der Waals surface area contributed by atoms with Crippen LogP contribution in [0.5, 0.6) is 0 Å². The zero-order chi connectivity index (χ0) is 2.71. The molecule has 0 saturated heterocycles. The van der Waals surface area contributed by atoms with Gasteiger partial charge in [-0.2, -0.15) is 0 Å². The summed E-state index contributed by atoms with van der Waals surface area (Å²) in [5, 5.41) is 0. The van der Waals surface area contributed by atoms with Gasteiger partial charge in [-0.05, 0) is 0 Å². The van der Waals surface area contributed by atoms with Crippen LogP contribution in [-0.4, -0.2) is 6.54 Å². The fourth-order valence-electron chi connectivity index (χ4n) is 0. The average molecular weight is 327 g/mol. The molecule has 2 nitrogen and oxygen atoms in total. The van der Waals surface area contributed by atoms with E-state index in [0.717, 1.165) is 0 Å². The van der Waals surface area contributed by atoms with Crippen LogP contribution in [0.4, 0.5) is 0 Å². The van der Waals surface area contributed by atoms with Gasteiger partial charge in [-0.15, -0.1) is 6.54 Å². The molecule has 0 aliphatic heterocycles. The molecule has 0 bridgehead atoms. The van der Waals surface area contributed by atoms with Gasteiger partial charge in [0.2, 0.25) is 0 Å². The topological polar surface area (TPSA) is 59.5 Å². The van der Waals surface area contributed by atoms with Gasteiger partial charge in [0.25, 0.3) is 0 Å². The van der Waals surface area contributed by atoms with Crippen molar-refractivity contribution in [3.8, 4) is 0 Å². The molecule has 30 valence electrons. The summed E-state index contributed by atoms with van der Waals surface area (Å²) in [7, 11) is 0. The van der Waals surface area contributed by atoms with Crippen molar-refractivity contribution in [3.63, 3.8) is 0 Å². The first-order valence-corrected chi connectivity index (χ1v) is 0.908. The molecule has 0 saturated carbocycles. The van der Waals surface area contributed by atoms with Crippen LogP contribution >= 0.6 is 0 Å². The van der Waals surface area contributed by atoms with Crippen LogP contribution in [0.1, 0.15) is 0 Å². The summed E-state index contributed by atoms with van der Waals surface area (Å²) in [6.07, 6.45) is 0. The van der Waals surface area contributed by atoms with E-state index in [4.69, 9.17) is 5.73 Å². The van der Waals surface area contributed by atoms with Crippen LogP contribution in [-0.2, 0) is 0 Å². The SMILES string of the molecule is [CH2-]CN.[NH2-].[Rf]. The minimum atomic E-state index is 0. The Morgan fingerprint density at radius 3 is 1.60 bits per heavy atom. The first-order chi connectivity index (χ1) is 1.41. The summed E-state index contributed by atoms with van der Waals surface area (Å²) in [5.41, 5.74) is 4.74. The molecular formula is C2H8N2Rf-2. The normalized spacial score (nSPS) is 3.60. The molecule has 0 aromatic rings. The maximum atomic E-state index is 4.74. The van der Waals surface area contributed by atoms with E-state index in [1.54, 1.807) is 0 Å². The Bertz CT molecular complexity index is 7.61. The molecule has 0 aliphatic rings. The fraction of sp³-hybridized carbons (Fsp3) is 0.500. The molecule has 0 aliphatic carbocycles. The van der Waals surface area contributed by atoms with E-state index >= 15 is 0 Å². The first kappa shape index (κ1) is 39.5. The van der Waals surface area contributed by atoms with Crippen molar-refractivity contribution in [2.75, 3.05) is 6.54 Å². The zero-order valence-electron chi connectivity index (χ0n) is 3.28. The summed E-state index contributed by atoms with van der Waals surface area (Å²) in [6, 6.07) is 0. The van der Waals surface area contributed by atoms with Crippen LogP contribution in [0.3, 0.4) is 0 Å². The van der Waals surface area contributed by atoms with Crippen molar-refractivity contribution in [1.29, 1.82) is 0 Å². The summed E-state index contributed by atoms with van der Waals surface area (Å²) in [6.45, 7) is 3.76. The van der Waals surface area contributed by atoms with Crippen molar-refractivity contribution >= 4 is 0 Å². The molecule has 0 unspecified atom stereocenters. The minimum Gasteiger partial charge on any atom is -0.693 e. The molecule has 3 heteroatoms. The van der Waals surface area contributed by atoms with Crippen LogP contribution < -0.4 is 5.73 Å². The monoisotopic (exact) mass is 327 g/mol. The van der Waals surface area contributed by atoms with Crippen molar-refractivity contribution in [2.24, 2.45) is 5.73 Å². The van der Waals surface area contributed by atoms with Crippen LogP contribution in [0.2, 0.25) is 0 Å². The van der Waals surface area contributed by atoms with Gasteiger partial charge in [-0.3, -0.25) is 0 Å². The van der Waals surface area contributed by atoms with Gasteiger partial charge in [0, 0.05) is 0 Å². The zero-order valence-corrected chi connectivity index (χ0v) is 9.68. The van der Waals surface area contributed by atoms with Gasteiger partial charge in [0.05, 0.1) is 0 Å². The third-order valence-corrected chi connectivity index (χ3v) is 0. The molecule has 0 spiro atoms. The van der Waals surface area contributed by atoms with Crippen molar-refractivity contribution in [2.45, 2.75) is 0 Å². The van der Waals surface area contributed by atoms with Crippen molar-refractivity contribution in [3.05, 3.63) is 13.1 Å². The van der Waals surface area contributed by atoms with Gasteiger partial charge in [0.15, 0.2) is 0 Å². The van der Waals surface area contributed by atoms with Crippen LogP contribution in [0, 0.1) is 6.92 Å². The van der Waals surface area contributed by atoms with E-state index in [1.807, 2.05) is 0 Å². The Hall–Kier alpha value is -1.08. The Balaban J connectivity index is -0.0000000200. The van der Waals surface area contributed by atoms with Crippen LogP contribution in [0.15, 0.2) is 0 Å². The van der Waals surface area contributed by atoms with Gasteiger partial charge >= 0.3 is 0 Å². The second-order valence-corrected chi connectivity index (χ2v) is 0.289. The second kappa shape index (κ2) is 1680. The number of rotatable bonds is 0. The molecular weight excluding hydrogens is 319 g/mol. The van der Waals surface area contributed by atoms with E-state index in [9.17, 15) is 0 Å². The smallest absolute Gasteiger partial charge is 0 e. The van der Waals surface area contributed by atoms with E-state index in [2.05, 4.69) is 6.92 Å². The van der Waals surface area contributed by atoms with E-state index in [0.29, 0.717) is 6.54 Å². The van der Waals surface area contributed by atoms with E-state index in [-0.39, 0.29) is 6.15 Å². The summed E-state index contributed by atoms with van der Waals surface area (Å²) in [4.78, 5) is 0. The molecule has 0 radical (unpaired) electrons. The summed E-state index contributed by atoms with van der Waals surface area (Å²) in [5.74, 6) is 0. The third-order valence-electron chi connectivity index (χ3n) is 0. The number of hydrogen-bond acceptors (Lipinski definition) is 1. The molecule has 0 fully saturated rings. The molecule has 0 amide bonds. The Kier molecular flexibility index (Phi) is 13300. The molecule has 0 aromatic carbocycles. The molecule has 4 N–H and O–H groups in total. The maximum Gasteiger partial charge on any atom is 0 e. The first-order valence-electron chi connectivity index (χ1n) is 0.908. The predicted molar refractivity (Wildman–Crippen MR) is 19.7 cm³/mol. The average Bonchev–Trinajstić information content (AvgIpc) is 0.918. The van der Waals surface area contributed by atoms with Crippen LogP contribution in [0.25, 0.3) is 6.15 Å². The van der Waals surface area contributed by atoms with E-state index in [1.165, 1.54) is 0 Å². The Morgan fingerprint density at radius 1 is 1.60 bits per heavy atom. The summed E-state index contributed by atoms with van der Waals surface area (Å²) >= 11 is 0. The molecule has 0 atom stereocenters. The Labute approximate surface area is 26.6 Å². The molecule has 5 heavy (non-hydrogen) atoms. The standard InChI is InChI=1S/C2H6N.H2N.Rf/c1-2-3;;/h1-3H2;1H2;/q2*-1;. The van der Waals surface area contributed by atoms with Gasteiger partial charge < -0.3 is 18.8 Å². The molecule has 0 heterocycles. The van der Waals surface area contributed by atoms with E-state index < -0.39 is 0 Å². The van der Waals surface area contributed by atoms with Crippen molar-refractivity contribution < 1.29 is 0 Å². The van der Waals surface area contributed by atoms with Gasteiger partial charge in [-0.25, -0.2) is 0 Å². The summed E-state index contributed by atoms with van der Waals surface area (Å²) < 4.78 is 0. The number of nitrogens with two attached hydrogens (primary N) is 2. The third kappa shape index (κ3) is 2.12.